The minimum atomic E-state index is -3.70. The standard InChI is InChI=1S/C24H18F3NO3S2/c1-13-4-3-5-14(2)18(13)12-33(30,31)16-6-7-22-21(10-16)28-24(29)23(32-22)11-17-19(26)8-15(25)9-20(17)27/h3-11H,12H2,1-2H3,(H,28,29). The van der Waals surface area contributed by atoms with Crippen molar-refractivity contribution in [1.29, 1.82) is 0 Å². The number of benzene rings is 3. The molecule has 0 spiro atoms. The van der Waals surface area contributed by atoms with Crippen LogP contribution in [0.15, 0.2) is 63.2 Å². The summed E-state index contributed by atoms with van der Waals surface area (Å²) in [5, 5.41) is 2.57. The molecule has 0 unspecified atom stereocenters. The molecule has 0 aliphatic carbocycles. The molecule has 33 heavy (non-hydrogen) atoms. The Balaban J connectivity index is 1.65. The molecule has 1 N–H and O–H groups in total. The van der Waals surface area contributed by atoms with Crippen molar-refractivity contribution in [3.63, 3.8) is 0 Å². The zero-order chi connectivity index (χ0) is 23.9. The lowest BCUT2D eigenvalue weighted by Gasteiger charge is -2.20. The lowest BCUT2D eigenvalue weighted by atomic mass is 10.1. The number of hydrogen-bond acceptors (Lipinski definition) is 4. The summed E-state index contributed by atoms with van der Waals surface area (Å²) in [6.45, 7) is 3.70. The zero-order valence-electron chi connectivity index (χ0n) is 17.6. The quantitative estimate of drug-likeness (QED) is 0.472. The van der Waals surface area contributed by atoms with Crippen LogP contribution in [0.4, 0.5) is 18.9 Å². The fourth-order valence-electron chi connectivity index (χ4n) is 3.51. The molecule has 1 aliphatic heterocycles. The highest BCUT2D eigenvalue weighted by Crippen LogP contribution is 2.40. The maximum Gasteiger partial charge on any atom is 0.262 e. The SMILES string of the molecule is Cc1cccc(C)c1CS(=O)(=O)c1ccc2c(c1)NC(=O)C(=Cc1c(F)cc(F)cc1F)S2. The van der Waals surface area contributed by atoms with E-state index in [4.69, 9.17) is 0 Å². The molecule has 9 heteroatoms. The molecule has 0 fully saturated rings. The first-order valence-electron chi connectivity index (χ1n) is 9.82. The molecule has 0 bridgehead atoms. The number of thioether (sulfide) groups is 1. The third-order valence-electron chi connectivity index (χ3n) is 5.30. The number of nitrogens with one attached hydrogen (secondary N) is 1. The van der Waals surface area contributed by atoms with Crippen molar-refractivity contribution in [3.8, 4) is 0 Å². The predicted molar refractivity (Wildman–Crippen MR) is 122 cm³/mol. The number of sulfone groups is 1. The Morgan fingerprint density at radius 1 is 0.970 bits per heavy atom. The number of carbonyl (C=O) groups excluding carboxylic acids is 1. The second kappa shape index (κ2) is 8.72. The van der Waals surface area contributed by atoms with Crippen LogP contribution >= 0.6 is 11.8 Å². The van der Waals surface area contributed by atoms with Crippen LogP contribution in [0.25, 0.3) is 6.08 Å². The second-order valence-electron chi connectivity index (χ2n) is 7.64. The molecule has 0 radical (unpaired) electrons. The van der Waals surface area contributed by atoms with Gasteiger partial charge in [0.2, 0.25) is 0 Å². The van der Waals surface area contributed by atoms with Crippen LogP contribution in [0.1, 0.15) is 22.3 Å². The van der Waals surface area contributed by atoms with Gasteiger partial charge >= 0.3 is 0 Å². The Morgan fingerprint density at radius 3 is 2.24 bits per heavy atom. The number of rotatable bonds is 4. The number of halogens is 3. The third kappa shape index (κ3) is 4.69. The minimum absolute atomic E-state index is 0.0157. The van der Waals surface area contributed by atoms with Gasteiger partial charge in [-0.3, -0.25) is 4.79 Å². The smallest absolute Gasteiger partial charge is 0.262 e. The first-order chi connectivity index (χ1) is 15.5. The summed E-state index contributed by atoms with van der Waals surface area (Å²) >= 11 is 0.937. The highest BCUT2D eigenvalue weighted by Gasteiger charge is 2.25. The molecule has 0 saturated carbocycles. The van der Waals surface area contributed by atoms with Gasteiger partial charge in [-0.05, 0) is 54.8 Å². The fourth-order valence-corrected chi connectivity index (χ4v) is 5.99. The van der Waals surface area contributed by atoms with E-state index in [9.17, 15) is 26.4 Å². The van der Waals surface area contributed by atoms with Crippen LogP contribution in [0.2, 0.25) is 0 Å². The van der Waals surface area contributed by atoms with E-state index < -0.39 is 38.8 Å². The molecule has 3 aromatic rings. The van der Waals surface area contributed by atoms with Crippen LogP contribution in [0.5, 0.6) is 0 Å². The fraction of sp³-hybridized carbons (Fsp3) is 0.125. The van der Waals surface area contributed by atoms with Gasteiger partial charge in [0.05, 0.1) is 21.2 Å². The molecule has 170 valence electrons. The molecule has 4 nitrogen and oxygen atoms in total. The summed E-state index contributed by atoms with van der Waals surface area (Å²) in [5.74, 6) is -4.16. The molecular formula is C24H18F3NO3S2. The molecular weight excluding hydrogens is 471 g/mol. The van der Waals surface area contributed by atoms with Gasteiger partial charge in [0.25, 0.3) is 5.91 Å². The van der Waals surface area contributed by atoms with Gasteiger partial charge in [-0.2, -0.15) is 0 Å². The van der Waals surface area contributed by atoms with Crippen LogP contribution in [-0.4, -0.2) is 14.3 Å². The minimum Gasteiger partial charge on any atom is -0.320 e. The van der Waals surface area contributed by atoms with E-state index in [2.05, 4.69) is 5.32 Å². The largest absolute Gasteiger partial charge is 0.320 e. The Morgan fingerprint density at radius 2 is 1.61 bits per heavy atom. The van der Waals surface area contributed by atoms with Gasteiger partial charge in [0.1, 0.15) is 17.5 Å². The first kappa shape index (κ1) is 23.1. The average Bonchev–Trinajstić information content (AvgIpc) is 2.73. The van der Waals surface area contributed by atoms with E-state index >= 15 is 0 Å². The number of aryl methyl sites for hydroxylation is 2. The van der Waals surface area contributed by atoms with E-state index in [1.54, 1.807) is 0 Å². The predicted octanol–water partition coefficient (Wildman–Crippen LogP) is 5.78. The number of amides is 1. The number of fused-ring (bicyclic) bond motifs is 1. The summed E-state index contributed by atoms with van der Waals surface area (Å²) in [4.78, 5) is 13.1. The first-order valence-corrected chi connectivity index (χ1v) is 12.3. The van der Waals surface area contributed by atoms with Crippen molar-refractivity contribution < 1.29 is 26.4 Å². The van der Waals surface area contributed by atoms with Crippen molar-refractivity contribution >= 4 is 39.3 Å². The Kier molecular flexibility index (Phi) is 6.11. The Hall–Kier alpha value is -3.04. The van der Waals surface area contributed by atoms with Gasteiger partial charge in [0, 0.05) is 22.6 Å². The topological polar surface area (TPSA) is 63.2 Å². The highest BCUT2D eigenvalue weighted by molar-refractivity contribution is 8.04. The van der Waals surface area contributed by atoms with Crippen LogP contribution in [0.3, 0.4) is 0 Å². The van der Waals surface area contributed by atoms with Gasteiger partial charge < -0.3 is 5.32 Å². The van der Waals surface area contributed by atoms with E-state index in [0.717, 1.165) is 34.5 Å². The molecule has 1 heterocycles. The summed E-state index contributed by atoms with van der Waals surface area (Å²) in [5.41, 5.74) is 2.21. The molecule has 1 amide bonds. The van der Waals surface area contributed by atoms with Crippen LogP contribution < -0.4 is 5.32 Å². The maximum atomic E-state index is 14.0. The zero-order valence-corrected chi connectivity index (χ0v) is 19.2. The monoisotopic (exact) mass is 489 g/mol. The van der Waals surface area contributed by atoms with E-state index in [1.165, 1.54) is 18.2 Å². The molecule has 4 rings (SSSR count). The lowest BCUT2D eigenvalue weighted by Crippen LogP contribution is -2.18. The highest BCUT2D eigenvalue weighted by atomic mass is 32.2. The molecule has 3 aromatic carbocycles. The number of carbonyl (C=O) groups is 1. The van der Waals surface area contributed by atoms with Crippen molar-refractivity contribution in [2.24, 2.45) is 0 Å². The maximum absolute atomic E-state index is 14.0. The molecule has 0 saturated heterocycles. The second-order valence-corrected chi connectivity index (χ2v) is 10.7. The Bertz CT molecular complexity index is 1390. The van der Waals surface area contributed by atoms with Gasteiger partial charge in [-0.1, -0.05) is 30.0 Å². The van der Waals surface area contributed by atoms with Crippen molar-refractivity contribution in [3.05, 3.63) is 93.1 Å². The van der Waals surface area contributed by atoms with Crippen LogP contribution in [0, 0.1) is 31.3 Å². The summed E-state index contributed by atoms with van der Waals surface area (Å²) in [6.07, 6.45) is 0.999. The Labute approximate surface area is 193 Å². The van der Waals surface area contributed by atoms with E-state index in [-0.39, 0.29) is 21.2 Å². The summed E-state index contributed by atoms with van der Waals surface area (Å²) in [6, 6.07) is 11.0. The third-order valence-corrected chi connectivity index (χ3v) is 8.04. The van der Waals surface area contributed by atoms with Crippen LogP contribution in [-0.2, 0) is 20.4 Å². The van der Waals surface area contributed by atoms with E-state index in [1.807, 2.05) is 32.0 Å². The van der Waals surface area contributed by atoms with Gasteiger partial charge in [0.15, 0.2) is 9.84 Å². The van der Waals surface area contributed by atoms with Crippen molar-refractivity contribution in [2.45, 2.75) is 29.4 Å². The van der Waals surface area contributed by atoms with Gasteiger partial charge in [-0.15, -0.1) is 0 Å². The molecule has 1 aliphatic rings. The summed E-state index contributed by atoms with van der Waals surface area (Å²) < 4.78 is 67.2. The average molecular weight is 490 g/mol. The van der Waals surface area contributed by atoms with E-state index in [0.29, 0.717) is 17.0 Å². The molecule has 0 aromatic heterocycles. The number of hydrogen-bond donors (Lipinski definition) is 1. The summed E-state index contributed by atoms with van der Waals surface area (Å²) in [7, 11) is -3.70. The normalized spacial score (nSPS) is 14.8. The molecule has 0 atom stereocenters. The van der Waals surface area contributed by atoms with Gasteiger partial charge in [-0.25, -0.2) is 21.6 Å². The van der Waals surface area contributed by atoms with Crippen molar-refractivity contribution in [2.75, 3.05) is 5.32 Å². The number of anilines is 1. The van der Waals surface area contributed by atoms with Crippen molar-refractivity contribution in [1.82, 2.24) is 0 Å². The lowest BCUT2D eigenvalue weighted by molar-refractivity contribution is -0.112.